The van der Waals surface area contributed by atoms with Gasteiger partial charge in [0.25, 0.3) is 0 Å². The molecular formula is C59H92NO7+. The van der Waals surface area contributed by atoms with E-state index in [2.05, 4.69) is 160 Å². The van der Waals surface area contributed by atoms with Gasteiger partial charge in [-0.25, -0.2) is 4.79 Å². The topological polar surface area (TPSA) is 99.1 Å². The molecule has 0 saturated heterocycles. The van der Waals surface area contributed by atoms with Gasteiger partial charge in [-0.2, -0.15) is 0 Å². The van der Waals surface area contributed by atoms with Crippen LogP contribution in [0.25, 0.3) is 0 Å². The molecule has 0 spiro atoms. The van der Waals surface area contributed by atoms with E-state index in [9.17, 15) is 19.5 Å². The van der Waals surface area contributed by atoms with E-state index in [4.69, 9.17) is 14.2 Å². The average Bonchev–Trinajstić information content (AvgIpc) is 3.29. The number of hydrogen-bond donors (Lipinski definition) is 1. The predicted octanol–water partition coefficient (Wildman–Crippen LogP) is 14.9. The van der Waals surface area contributed by atoms with Crippen molar-refractivity contribution >= 4 is 17.9 Å². The van der Waals surface area contributed by atoms with Gasteiger partial charge in [0.1, 0.15) is 6.61 Å². The zero-order chi connectivity index (χ0) is 49.2. The first-order valence-corrected chi connectivity index (χ1v) is 25.4. The summed E-state index contributed by atoms with van der Waals surface area (Å²) in [5.41, 5.74) is 0. The molecule has 2 unspecified atom stereocenters. The molecule has 8 nitrogen and oxygen atoms in total. The summed E-state index contributed by atoms with van der Waals surface area (Å²) in [7, 11) is 5.49. The Labute approximate surface area is 408 Å². The van der Waals surface area contributed by atoms with Crippen LogP contribution >= 0.6 is 0 Å². The van der Waals surface area contributed by atoms with Crippen LogP contribution in [0.2, 0.25) is 0 Å². The van der Waals surface area contributed by atoms with Crippen LogP contribution in [0.4, 0.5) is 0 Å². The number of carboxylic acids is 1. The van der Waals surface area contributed by atoms with Crippen LogP contribution in [-0.2, 0) is 28.6 Å². The molecule has 0 aromatic carbocycles. The number of nitrogens with zero attached hydrogens (tertiary/aromatic N) is 1. The molecule has 2 atom stereocenters. The molecule has 0 bridgehead atoms. The van der Waals surface area contributed by atoms with Crippen LogP contribution < -0.4 is 0 Å². The highest BCUT2D eigenvalue weighted by Gasteiger charge is 2.31. The molecule has 1 N–H and O–H groups in total. The number of aliphatic carboxylic acids is 1. The quantitative estimate of drug-likeness (QED) is 0.0281. The minimum atomic E-state index is -0.895. The van der Waals surface area contributed by atoms with Crippen LogP contribution in [0.3, 0.4) is 0 Å². The summed E-state index contributed by atoms with van der Waals surface area (Å²) in [4.78, 5) is 37.2. The van der Waals surface area contributed by atoms with Crippen molar-refractivity contribution in [3.63, 3.8) is 0 Å². The Morgan fingerprint density at radius 2 is 0.806 bits per heavy atom. The molecule has 0 saturated carbocycles. The maximum atomic E-state index is 12.8. The van der Waals surface area contributed by atoms with Crippen molar-refractivity contribution in [2.24, 2.45) is 0 Å². The van der Waals surface area contributed by atoms with E-state index in [-0.39, 0.29) is 42.7 Å². The second kappa shape index (κ2) is 47.7. The van der Waals surface area contributed by atoms with Crippen molar-refractivity contribution < 1.29 is 38.2 Å². The second-order valence-corrected chi connectivity index (χ2v) is 17.3. The predicted molar refractivity (Wildman–Crippen MR) is 284 cm³/mol. The largest absolute Gasteiger partial charge is 0.477 e. The highest BCUT2D eigenvalue weighted by atomic mass is 16.6. The lowest BCUT2D eigenvalue weighted by Crippen LogP contribution is -2.50. The lowest BCUT2D eigenvalue weighted by atomic mass is 10.1. The minimum absolute atomic E-state index is 0.0180. The fourth-order valence-corrected chi connectivity index (χ4v) is 6.40. The van der Waals surface area contributed by atoms with Crippen molar-refractivity contribution in [3.8, 4) is 0 Å². The van der Waals surface area contributed by atoms with E-state index >= 15 is 0 Å². The van der Waals surface area contributed by atoms with Gasteiger partial charge < -0.3 is 23.8 Å². The van der Waals surface area contributed by atoms with Crippen LogP contribution in [-0.4, -0.2) is 80.6 Å². The summed E-state index contributed by atoms with van der Waals surface area (Å²) < 4.78 is 17.2. The van der Waals surface area contributed by atoms with Crippen molar-refractivity contribution in [1.82, 2.24) is 0 Å². The van der Waals surface area contributed by atoms with Crippen LogP contribution in [0, 0.1) is 0 Å². The fraction of sp³-hybridized carbons (Fsp3) is 0.542. The SMILES string of the molecule is CC/C=C/C/C=C/C/C=C/C/C=C/C/C=C/C/C=C/C/C=C/CCCC(=O)OC(COCCC(C(=O)O)[N+](C)(C)C)COC(=O)CCCCCC/C=C/C/C=C/C/C=C/C/C=C/C/C=C/CC. The van der Waals surface area contributed by atoms with Crippen molar-refractivity contribution in [3.05, 3.63) is 146 Å². The standard InChI is InChI=1S/C59H91NO7/c1-6-8-10-12-14-16-18-20-22-24-26-28-29-30-32-34-36-38-40-42-44-46-48-50-58(62)67-55(53-65-52-51-56(59(63)64)60(3,4)5)54-66-57(61)49-47-45-43-41-39-37-35-33-31-27-25-23-21-19-17-15-13-11-9-7-2/h8-11,14-17,20-23,26-28,30-32,35-38,42,44,55-56H,6-7,12-13,18-19,24-25,29,33-34,39-41,43,45-54H2,1-5H3/p+1/b10-8+,11-9+,16-14+,17-15+,22-20+,23-21+,28-26+,31-27+,32-30+,37-35+,38-36+,44-42+. The van der Waals surface area contributed by atoms with Gasteiger partial charge in [0.05, 0.1) is 34.4 Å². The molecule has 67 heavy (non-hydrogen) atoms. The molecule has 0 aliphatic carbocycles. The molecule has 0 amide bonds. The summed E-state index contributed by atoms with van der Waals surface area (Å²) in [6, 6.07) is -0.640. The first kappa shape index (κ1) is 62.2. The number of rotatable bonds is 43. The van der Waals surface area contributed by atoms with E-state index in [0.29, 0.717) is 19.3 Å². The zero-order valence-corrected chi connectivity index (χ0v) is 42.5. The Balaban J connectivity index is 4.46. The highest BCUT2D eigenvalue weighted by Crippen LogP contribution is 2.11. The Kier molecular flexibility index (Phi) is 44.3. The van der Waals surface area contributed by atoms with Crippen LogP contribution in [0.15, 0.2) is 146 Å². The Hall–Kier alpha value is -4.79. The Morgan fingerprint density at radius 3 is 1.19 bits per heavy atom. The van der Waals surface area contributed by atoms with Gasteiger partial charge in [0, 0.05) is 19.3 Å². The highest BCUT2D eigenvalue weighted by molar-refractivity contribution is 5.72. The first-order valence-electron chi connectivity index (χ1n) is 25.4. The molecule has 0 heterocycles. The molecular weight excluding hydrogens is 835 g/mol. The summed E-state index contributed by atoms with van der Waals surface area (Å²) in [6.07, 6.45) is 70.5. The molecule has 374 valence electrons. The van der Waals surface area contributed by atoms with Crippen molar-refractivity contribution in [2.75, 3.05) is 41.0 Å². The van der Waals surface area contributed by atoms with Gasteiger partial charge >= 0.3 is 17.9 Å². The minimum Gasteiger partial charge on any atom is -0.477 e. The summed E-state index contributed by atoms with van der Waals surface area (Å²) in [5, 5.41) is 9.66. The van der Waals surface area contributed by atoms with E-state index in [1.807, 2.05) is 21.1 Å². The van der Waals surface area contributed by atoms with Gasteiger partial charge in [-0.1, -0.05) is 173 Å². The molecule has 0 rings (SSSR count). The number of quaternary nitrogens is 1. The number of hydrogen-bond acceptors (Lipinski definition) is 6. The van der Waals surface area contributed by atoms with Gasteiger partial charge in [0.2, 0.25) is 0 Å². The summed E-state index contributed by atoms with van der Waals surface area (Å²) in [5.74, 6) is -1.60. The number of carboxylic acid groups (broad SMARTS) is 1. The maximum Gasteiger partial charge on any atom is 0.362 e. The Morgan fingerprint density at radius 1 is 0.448 bits per heavy atom. The lowest BCUT2D eigenvalue weighted by Gasteiger charge is -2.31. The lowest BCUT2D eigenvalue weighted by molar-refractivity contribution is -0.887. The molecule has 0 radical (unpaired) electrons. The number of likely N-dealkylation sites (N-methyl/N-ethyl adjacent to an activating group) is 1. The van der Waals surface area contributed by atoms with Gasteiger partial charge in [0.15, 0.2) is 12.1 Å². The Bertz CT molecular complexity index is 1590. The van der Waals surface area contributed by atoms with Crippen LogP contribution in [0.1, 0.15) is 155 Å². The third-order valence-electron chi connectivity index (χ3n) is 10.2. The summed E-state index contributed by atoms with van der Waals surface area (Å²) in [6.45, 7) is 4.39. The molecule has 0 fully saturated rings. The third kappa shape index (κ3) is 46.1. The number of carbonyl (C=O) groups excluding carboxylic acids is 2. The maximum absolute atomic E-state index is 12.8. The zero-order valence-electron chi connectivity index (χ0n) is 42.5. The van der Waals surface area contributed by atoms with Crippen LogP contribution in [0.5, 0.6) is 0 Å². The average molecular weight is 927 g/mol. The smallest absolute Gasteiger partial charge is 0.362 e. The van der Waals surface area contributed by atoms with Gasteiger partial charge in [-0.3, -0.25) is 9.59 Å². The van der Waals surface area contributed by atoms with E-state index in [1.165, 1.54) is 0 Å². The normalized spacial score (nSPS) is 14.1. The number of allylic oxidation sites excluding steroid dienone is 24. The molecule has 0 aromatic rings. The number of unbranched alkanes of at least 4 members (excludes halogenated alkanes) is 5. The third-order valence-corrected chi connectivity index (χ3v) is 10.2. The van der Waals surface area contributed by atoms with E-state index in [1.54, 1.807) is 0 Å². The first-order chi connectivity index (χ1) is 32.6. The number of carbonyl (C=O) groups is 3. The molecule has 8 heteroatoms. The van der Waals surface area contributed by atoms with Gasteiger partial charge in [-0.15, -0.1) is 0 Å². The van der Waals surface area contributed by atoms with E-state index in [0.717, 1.165) is 116 Å². The number of esters is 2. The van der Waals surface area contributed by atoms with Crippen molar-refractivity contribution in [2.45, 2.75) is 167 Å². The van der Waals surface area contributed by atoms with E-state index < -0.39 is 18.1 Å². The van der Waals surface area contributed by atoms with Gasteiger partial charge in [-0.05, 0) is 109 Å². The second-order valence-electron chi connectivity index (χ2n) is 17.3. The molecule has 0 aliphatic heterocycles. The number of ether oxygens (including phenoxy) is 3. The molecule has 0 aliphatic rings. The fourth-order valence-electron chi connectivity index (χ4n) is 6.40. The molecule has 0 aromatic heterocycles. The summed E-state index contributed by atoms with van der Waals surface area (Å²) >= 11 is 0. The monoisotopic (exact) mass is 927 g/mol. The van der Waals surface area contributed by atoms with Crippen molar-refractivity contribution in [1.29, 1.82) is 0 Å².